The van der Waals surface area contributed by atoms with Crippen molar-refractivity contribution in [1.29, 1.82) is 0 Å². The SMILES string of the molecule is CC(C)[C@@H](CC(=O)O)c1c[nH]c2ccccc12. The Morgan fingerprint density at radius 3 is 2.71 bits per heavy atom. The topological polar surface area (TPSA) is 53.1 Å². The van der Waals surface area contributed by atoms with Gasteiger partial charge in [0.15, 0.2) is 0 Å². The molecule has 0 aliphatic carbocycles. The molecule has 0 spiro atoms. The average molecular weight is 231 g/mol. The Bertz CT molecular complexity index is 528. The number of aromatic nitrogens is 1. The molecule has 0 aliphatic heterocycles. The number of rotatable bonds is 4. The van der Waals surface area contributed by atoms with Crippen LogP contribution >= 0.6 is 0 Å². The van der Waals surface area contributed by atoms with Gasteiger partial charge in [-0.3, -0.25) is 4.79 Å². The molecule has 3 nitrogen and oxygen atoms in total. The summed E-state index contributed by atoms with van der Waals surface area (Å²) in [5.74, 6) is -0.372. The molecule has 0 fully saturated rings. The lowest BCUT2D eigenvalue weighted by atomic mass is 9.85. The van der Waals surface area contributed by atoms with Crippen LogP contribution in [0.15, 0.2) is 30.5 Å². The van der Waals surface area contributed by atoms with Gasteiger partial charge in [-0.05, 0) is 23.5 Å². The number of carboxylic acids is 1. The van der Waals surface area contributed by atoms with Gasteiger partial charge in [-0.1, -0.05) is 32.0 Å². The second-order valence-electron chi connectivity index (χ2n) is 4.74. The highest BCUT2D eigenvalue weighted by molar-refractivity contribution is 5.84. The van der Waals surface area contributed by atoms with Gasteiger partial charge in [0.25, 0.3) is 0 Å². The molecule has 2 rings (SSSR count). The van der Waals surface area contributed by atoms with Crippen LogP contribution in [0.25, 0.3) is 10.9 Å². The van der Waals surface area contributed by atoms with E-state index in [9.17, 15) is 4.79 Å². The van der Waals surface area contributed by atoms with E-state index in [4.69, 9.17) is 5.11 Å². The number of aromatic amines is 1. The molecule has 0 saturated heterocycles. The van der Waals surface area contributed by atoms with Crippen LogP contribution in [-0.4, -0.2) is 16.1 Å². The minimum atomic E-state index is -0.742. The zero-order valence-corrected chi connectivity index (χ0v) is 10.1. The first kappa shape index (κ1) is 11.7. The number of hydrogen-bond donors (Lipinski definition) is 2. The maximum Gasteiger partial charge on any atom is 0.303 e. The van der Waals surface area contributed by atoms with Gasteiger partial charge in [0, 0.05) is 17.1 Å². The summed E-state index contributed by atoms with van der Waals surface area (Å²) in [5.41, 5.74) is 2.18. The molecule has 1 atom stereocenters. The summed E-state index contributed by atoms with van der Waals surface area (Å²) in [4.78, 5) is 14.1. The van der Waals surface area contributed by atoms with Gasteiger partial charge < -0.3 is 10.1 Å². The maximum atomic E-state index is 10.9. The molecule has 0 unspecified atom stereocenters. The van der Waals surface area contributed by atoms with Crippen molar-refractivity contribution in [2.24, 2.45) is 5.92 Å². The zero-order chi connectivity index (χ0) is 12.4. The Kier molecular flexibility index (Phi) is 3.18. The lowest BCUT2D eigenvalue weighted by Crippen LogP contribution is -2.11. The smallest absolute Gasteiger partial charge is 0.303 e. The van der Waals surface area contributed by atoms with E-state index >= 15 is 0 Å². The van der Waals surface area contributed by atoms with Crippen LogP contribution in [0.4, 0.5) is 0 Å². The second-order valence-corrected chi connectivity index (χ2v) is 4.74. The first-order valence-electron chi connectivity index (χ1n) is 5.87. The molecule has 0 saturated carbocycles. The Balaban J connectivity index is 2.45. The molecule has 2 aromatic rings. The fourth-order valence-electron chi connectivity index (χ4n) is 2.29. The molecule has 2 N–H and O–H groups in total. The van der Waals surface area contributed by atoms with Gasteiger partial charge >= 0.3 is 5.97 Å². The van der Waals surface area contributed by atoms with E-state index in [-0.39, 0.29) is 12.3 Å². The molecule has 1 heterocycles. The molecule has 0 radical (unpaired) electrons. The molecule has 1 aromatic carbocycles. The molecule has 90 valence electrons. The Morgan fingerprint density at radius 1 is 1.35 bits per heavy atom. The normalized spacial score (nSPS) is 13.1. The van der Waals surface area contributed by atoms with Crippen molar-refractivity contribution in [2.45, 2.75) is 26.2 Å². The van der Waals surface area contributed by atoms with E-state index in [0.29, 0.717) is 5.92 Å². The van der Waals surface area contributed by atoms with Crippen LogP contribution in [0.3, 0.4) is 0 Å². The number of carbonyl (C=O) groups is 1. The quantitative estimate of drug-likeness (QED) is 0.847. The third-order valence-electron chi connectivity index (χ3n) is 3.22. The number of carboxylic acid groups (broad SMARTS) is 1. The van der Waals surface area contributed by atoms with Gasteiger partial charge in [-0.25, -0.2) is 0 Å². The first-order chi connectivity index (χ1) is 8.09. The van der Waals surface area contributed by atoms with Crippen molar-refractivity contribution in [3.63, 3.8) is 0 Å². The predicted octanol–water partition coefficient (Wildman–Crippen LogP) is 3.38. The van der Waals surface area contributed by atoms with E-state index in [1.54, 1.807) is 0 Å². The highest BCUT2D eigenvalue weighted by Gasteiger charge is 2.21. The van der Waals surface area contributed by atoms with Crippen molar-refractivity contribution in [2.75, 3.05) is 0 Å². The third-order valence-corrected chi connectivity index (χ3v) is 3.22. The largest absolute Gasteiger partial charge is 0.481 e. The molecule has 0 aliphatic rings. The van der Waals surface area contributed by atoms with Crippen molar-refractivity contribution >= 4 is 16.9 Å². The summed E-state index contributed by atoms with van der Waals surface area (Å²) in [6, 6.07) is 8.01. The minimum absolute atomic E-state index is 0.0589. The molecule has 0 amide bonds. The van der Waals surface area contributed by atoms with Gasteiger partial charge in [-0.2, -0.15) is 0 Å². The van der Waals surface area contributed by atoms with E-state index in [2.05, 4.69) is 18.8 Å². The molecule has 1 aromatic heterocycles. The minimum Gasteiger partial charge on any atom is -0.481 e. The van der Waals surface area contributed by atoms with Crippen LogP contribution in [0.2, 0.25) is 0 Å². The fraction of sp³-hybridized carbons (Fsp3) is 0.357. The second kappa shape index (κ2) is 4.62. The van der Waals surface area contributed by atoms with Crippen LogP contribution in [0.5, 0.6) is 0 Å². The molecule has 17 heavy (non-hydrogen) atoms. The van der Waals surface area contributed by atoms with Crippen LogP contribution in [0, 0.1) is 5.92 Å². The summed E-state index contributed by atoms with van der Waals surface area (Å²) in [5, 5.41) is 10.1. The number of benzene rings is 1. The van der Waals surface area contributed by atoms with Crippen molar-refractivity contribution in [1.82, 2.24) is 4.98 Å². The molecular weight excluding hydrogens is 214 g/mol. The Hall–Kier alpha value is -1.77. The summed E-state index contributed by atoms with van der Waals surface area (Å²) in [6.45, 7) is 4.13. The van der Waals surface area contributed by atoms with Crippen molar-refractivity contribution in [3.8, 4) is 0 Å². The first-order valence-corrected chi connectivity index (χ1v) is 5.87. The number of para-hydroxylation sites is 1. The lowest BCUT2D eigenvalue weighted by Gasteiger charge is -2.18. The van der Waals surface area contributed by atoms with Crippen LogP contribution in [-0.2, 0) is 4.79 Å². The van der Waals surface area contributed by atoms with Gasteiger partial charge in [0.2, 0.25) is 0 Å². The zero-order valence-electron chi connectivity index (χ0n) is 10.1. The summed E-state index contributed by atoms with van der Waals surface area (Å²) >= 11 is 0. The van der Waals surface area contributed by atoms with Gasteiger partial charge in [-0.15, -0.1) is 0 Å². The number of H-pyrrole nitrogens is 1. The number of nitrogens with one attached hydrogen (secondary N) is 1. The predicted molar refractivity (Wildman–Crippen MR) is 68.1 cm³/mol. The molecule has 3 heteroatoms. The van der Waals surface area contributed by atoms with Crippen LogP contribution in [0.1, 0.15) is 31.7 Å². The third kappa shape index (κ3) is 2.33. The number of fused-ring (bicyclic) bond motifs is 1. The molecule has 0 bridgehead atoms. The maximum absolute atomic E-state index is 10.9. The summed E-state index contributed by atoms with van der Waals surface area (Å²) < 4.78 is 0. The van der Waals surface area contributed by atoms with E-state index < -0.39 is 5.97 Å². The number of hydrogen-bond acceptors (Lipinski definition) is 1. The number of aliphatic carboxylic acids is 1. The fourth-order valence-corrected chi connectivity index (χ4v) is 2.29. The van der Waals surface area contributed by atoms with Gasteiger partial charge in [0.05, 0.1) is 6.42 Å². The highest BCUT2D eigenvalue weighted by Crippen LogP contribution is 2.33. The van der Waals surface area contributed by atoms with E-state index in [1.807, 2.05) is 30.5 Å². The van der Waals surface area contributed by atoms with Crippen molar-refractivity contribution in [3.05, 3.63) is 36.0 Å². The standard InChI is InChI=1S/C14H17NO2/c1-9(2)11(7-14(16)17)12-8-15-13-6-4-3-5-10(12)13/h3-6,8-9,11,15H,7H2,1-2H3,(H,16,17)/t11-/m1/s1. The average Bonchev–Trinajstić information content (AvgIpc) is 2.69. The van der Waals surface area contributed by atoms with Gasteiger partial charge in [0.1, 0.15) is 0 Å². The van der Waals surface area contributed by atoms with E-state index in [1.165, 1.54) is 0 Å². The Labute approximate surface area is 100 Å². The monoisotopic (exact) mass is 231 g/mol. The van der Waals surface area contributed by atoms with Crippen LogP contribution < -0.4 is 0 Å². The van der Waals surface area contributed by atoms with E-state index in [0.717, 1.165) is 16.5 Å². The summed E-state index contributed by atoms with van der Waals surface area (Å²) in [7, 11) is 0. The highest BCUT2D eigenvalue weighted by atomic mass is 16.4. The molecular formula is C14H17NO2. The van der Waals surface area contributed by atoms with Crippen molar-refractivity contribution < 1.29 is 9.90 Å². The summed E-state index contributed by atoms with van der Waals surface area (Å²) in [6.07, 6.45) is 2.12. The lowest BCUT2D eigenvalue weighted by molar-refractivity contribution is -0.137. The Morgan fingerprint density at radius 2 is 2.06 bits per heavy atom.